The average molecular weight is 668 g/mol. The Morgan fingerprint density at radius 2 is 1.94 bits per heavy atom. The quantitative estimate of drug-likeness (QED) is 0.212. The molecule has 0 bridgehead atoms. The number of alkyl halides is 2. The Kier molecular flexibility index (Phi) is 9.23. The number of hydrogen-bond acceptors (Lipinski definition) is 7. The topological polar surface area (TPSA) is 69.4 Å². The highest BCUT2D eigenvalue weighted by atomic mass is 35.5. The number of ether oxygens (including phenoxy) is 1. The third kappa shape index (κ3) is 6.69. The second kappa shape index (κ2) is 13.2. The fourth-order valence-electron chi connectivity index (χ4n) is 6.78. The summed E-state index contributed by atoms with van der Waals surface area (Å²) >= 11 is 6.67. The lowest BCUT2D eigenvalue weighted by atomic mass is 9.86. The van der Waals surface area contributed by atoms with Crippen LogP contribution in [0.3, 0.4) is 0 Å². The molecule has 2 fully saturated rings. The van der Waals surface area contributed by atoms with Crippen LogP contribution >= 0.6 is 11.6 Å². The van der Waals surface area contributed by atoms with Gasteiger partial charge in [-0.2, -0.15) is 9.97 Å². The van der Waals surface area contributed by atoms with E-state index in [0.717, 1.165) is 27.7 Å². The second-order valence-electron chi connectivity index (χ2n) is 12.6. The Bertz CT molecular complexity index is 1720. The fraction of sp³-hybridized carbons (Fsp3) is 0.471. The van der Waals surface area contributed by atoms with Crippen LogP contribution in [0.25, 0.3) is 15.6 Å². The van der Waals surface area contributed by atoms with Crippen molar-refractivity contribution < 1.29 is 22.7 Å². The molecule has 13 heteroatoms. The van der Waals surface area contributed by atoms with E-state index in [1.807, 2.05) is 60.2 Å². The number of benzene rings is 2. The summed E-state index contributed by atoms with van der Waals surface area (Å²) in [6.45, 7) is 14.7. The Balaban J connectivity index is 1.30. The van der Waals surface area contributed by atoms with Crippen molar-refractivity contribution in [2.24, 2.45) is 0 Å². The zero-order valence-corrected chi connectivity index (χ0v) is 27.2. The van der Waals surface area contributed by atoms with E-state index in [1.54, 1.807) is 0 Å². The maximum absolute atomic E-state index is 13.8. The van der Waals surface area contributed by atoms with Gasteiger partial charge in [0.25, 0.3) is 11.8 Å². The number of piperazine rings is 1. The van der Waals surface area contributed by atoms with Gasteiger partial charge in [-0.3, -0.25) is 9.69 Å². The van der Waals surface area contributed by atoms with Crippen molar-refractivity contribution in [3.8, 4) is 6.01 Å². The first kappa shape index (κ1) is 32.8. The Morgan fingerprint density at radius 1 is 1.19 bits per heavy atom. The molecule has 3 aromatic rings. The molecule has 0 radical (unpaired) electrons. The van der Waals surface area contributed by atoms with Crippen LogP contribution in [-0.2, 0) is 17.8 Å². The van der Waals surface area contributed by atoms with Crippen molar-refractivity contribution in [3.63, 3.8) is 0 Å². The van der Waals surface area contributed by atoms with E-state index >= 15 is 0 Å². The Morgan fingerprint density at radius 3 is 2.64 bits per heavy atom. The zero-order chi connectivity index (χ0) is 33.5. The summed E-state index contributed by atoms with van der Waals surface area (Å²) in [7, 11) is 1.82. The van der Waals surface area contributed by atoms with Crippen LogP contribution in [0.1, 0.15) is 31.0 Å². The van der Waals surface area contributed by atoms with Gasteiger partial charge < -0.3 is 24.3 Å². The lowest BCUT2D eigenvalue weighted by molar-refractivity contribution is -0.131. The Hall–Kier alpha value is -4.08. The van der Waals surface area contributed by atoms with E-state index in [0.29, 0.717) is 36.9 Å². The molecule has 2 aromatic carbocycles. The molecule has 6 rings (SSSR count). The number of amides is 1. The van der Waals surface area contributed by atoms with Crippen LogP contribution in [0.2, 0.25) is 5.02 Å². The summed E-state index contributed by atoms with van der Waals surface area (Å²) in [4.78, 5) is 33.3. The molecule has 47 heavy (non-hydrogen) atoms. The van der Waals surface area contributed by atoms with Gasteiger partial charge in [-0.05, 0) is 37.9 Å². The summed E-state index contributed by atoms with van der Waals surface area (Å²) in [5.41, 5.74) is 2.71. The number of rotatable bonds is 9. The van der Waals surface area contributed by atoms with Crippen LogP contribution in [0.4, 0.5) is 24.7 Å². The summed E-state index contributed by atoms with van der Waals surface area (Å²) < 4.78 is 47.1. The standard InChI is InChI=1S/C34H37ClF3N7O2/c1-21(42(4)24-15-34(37,38)16-24)20-47-33-40-28-19-43(29-10-6-8-23-7-5-9-27(35)30(23)29)12-11-26(28)31(41-33)44-13-14-45(32(46)22(2)36)25(18-44)17-39-3/h5-10,21,24-25H,2,11-20H2,1,4H3/t21-,25+/m1/s1. The van der Waals surface area contributed by atoms with E-state index in [2.05, 4.69) is 16.3 Å². The molecule has 1 aliphatic carbocycles. The molecule has 2 aliphatic heterocycles. The summed E-state index contributed by atoms with van der Waals surface area (Å²) in [5, 5.41) is 2.65. The van der Waals surface area contributed by atoms with E-state index < -0.39 is 23.7 Å². The molecule has 1 aromatic heterocycles. The minimum absolute atomic E-state index is 0.00579. The van der Waals surface area contributed by atoms with E-state index in [4.69, 9.17) is 32.9 Å². The first-order valence-electron chi connectivity index (χ1n) is 15.7. The number of nitrogens with zero attached hydrogens (tertiary/aromatic N) is 7. The number of likely N-dealkylation sites (N-methyl/N-ethyl adjacent to an activating group) is 1. The monoisotopic (exact) mass is 667 g/mol. The molecule has 1 saturated heterocycles. The van der Waals surface area contributed by atoms with Gasteiger partial charge in [-0.1, -0.05) is 42.4 Å². The molecule has 248 valence electrons. The number of hydrogen-bond donors (Lipinski definition) is 0. The minimum Gasteiger partial charge on any atom is -0.462 e. The first-order chi connectivity index (χ1) is 22.5. The van der Waals surface area contributed by atoms with Gasteiger partial charge >= 0.3 is 6.01 Å². The number of carbonyl (C=O) groups is 1. The third-order valence-corrected chi connectivity index (χ3v) is 9.88. The first-order valence-corrected chi connectivity index (χ1v) is 16.1. The number of aromatic nitrogens is 2. The third-order valence-electron chi connectivity index (χ3n) is 9.57. The molecule has 3 aliphatic rings. The molecular weight excluding hydrogens is 631 g/mol. The van der Waals surface area contributed by atoms with Gasteiger partial charge in [0.1, 0.15) is 18.5 Å². The SMILES string of the molecule is [C-]#[N+]C[C@H]1CN(c2nc(OC[C@@H](C)N(C)C3CC(F)(F)C3)nc3c2CCN(c2cccc4cccc(Cl)c24)C3)CCN1C(=O)C(=C)F. The van der Waals surface area contributed by atoms with Gasteiger partial charge in [-0.15, -0.1) is 0 Å². The summed E-state index contributed by atoms with van der Waals surface area (Å²) in [5.74, 6) is -3.82. The van der Waals surface area contributed by atoms with Crippen LogP contribution < -0.4 is 14.5 Å². The fourth-order valence-corrected chi connectivity index (χ4v) is 7.06. The number of anilines is 2. The van der Waals surface area contributed by atoms with Crippen LogP contribution in [0.5, 0.6) is 6.01 Å². The van der Waals surface area contributed by atoms with Crippen molar-refractivity contribution >= 4 is 39.8 Å². The smallest absolute Gasteiger partial charge is 0.318 e. The molecule has 9 nitrogen and oxygen atoms in total. The molecule has 1 saturated carbocycles. The van der Waals surface area contributed by atoms with Crippen LogP contribution in [-0.4, -0.2) is 96.1 Å². The lowest BCUT2D eigenvalue weighted by Gasteiger charge is -2.43. The molecule has 3 heterocycles. The van der Waals surface area contributed by atoms with Crippen molar-refractivity contribution in [3.05, 3.63) is 76.5 Å². The molecule has 2 atom stereocenters. The largest absolute Gasteiger partial charge is 0.462 e. The maximum atomic E-state index is 13.8. The van der Waals surface area contributed by atoms with Gasteiger partial charge in [0.2, 0.25) is 6.54 Å². The molecular formula is C34H37ClF3N7O2. The molecule has 0 unspecified atom stereocenters. The highest BCUT2D eigenvalue weighted by Gasteiger charge is 2.47. The van der Waals surface area contributed by atoms with E-state index in [9.17, 15) is 18.0 Å². The number of fused-ring (bicyclic) bond motifs is 2. The highest BCUT2D eigenvalue weighted by Crippen LogP contribution is 2.41. The van der Waals surface area contributed by atoms with Crippen LogP contribution in [0, 0.1) is 6.57 Å². The molecule has 0 spiro atoms. The number of halogens is 4. The average Bonchev–Trinajstić information content (AvgIpc) is 3.04. The predicted molar refractivity (Wildman–Crippen MR) is 176 cm³/mol. The van der Waals surface area contributed by atoms with Crippen molar-refractivity contribution in [2.75, 3.05) is 56.2 Å². The van der Waals surface area contributed by atoms with Crippen molar-refractivity contribution in [2.45, 2.75) is 56.8 Å². The van der Waals surface area contributed by atoms with E-state index in [-0.39, 0.29) is 57.2 Å². The maximum Gasteiger partial charge on any atom is 0.318 e. The van der Waals surface area contributed by atoms with Crippen LogP contribution in [0.15, 0.2) is 48.8 Å². The number of carbonyl (C=O) groups excluding carboxylic acids is 1. The molecule has 1 amide bonds. The van der Waals surface area contributed by atoms with Gasteiger partial charge in [0, 0.05) is 67.7 Å². The van der Waals surface area contributed by atoms with Gasteiger partial charge in [0.05, 0.1) is 17.3 Å². The second-order valence-corrected chi connectivity index (χ2v) is 13.0. The Labute approximate surface area is 277 Å². The molecule has 0 N–H and O–H groups in total. The van der Waals surface area contributed by atoms with Gasteiger partial charge in [0.15, 0.2) is 5.83 Å². The predicted octanol–water partition coefficient (Wildman–Crippen LogP) is 5.76. The van der Waals surface area contributed by atoms with E-state index in [1.165, 1.54) is 4.90 Å². The zero-order valence-electron chi connectivity index (χ0n) is 26.4. The minimum atomic E-state index is -2.62. The lowest BCUT2D eigenvalue weighted by Crippen LogP contribution is -2.57. The summed E-state index contributed by atoms with van der Waals surface area (Å²) in [6.07, 6.45) is 0.281. The normalized spacial score (nSPS) is 20.0. The van der Waals surface area contributed by atoms with Gasteiger partial charge in [-0.25, -0.2) is 19.7 Å². The van der Waals surface area contributed by atoms with Crippen molar-refractivity contribution in [1.82, 2.24) is 19.8 Å². The van der Waals surface area contributed by atoms with Crippen molar-refractivity contribution in [1.29, 1.82) is 0 Å². The highest BCUT2D eigenvalue weighted by molar-refractivity contribution is 6.36. The summed E-state index contributed by atoms with van der Waals surface area (Å²) in [6, 6.07) is 11.1.